The molecule has 1 unspecified atom stereocenters. The maximum atomic E-state index is 14.1. The minimum Gasteiger partial charge on any atom is -0.444 e. The molecule has 126 valence electrons. The average molecular weight is 386 g/mol. The van der Waals surface area contributed by atoms with Crippen LogP contribution in [-0.2, 0) is 4.74 Å². The maximum absolute atomic E-state index is 14.1. The van der Waals surface area contributed by atoms with E-state index in [9.17, 15) is 14.0 Å². The van der Waals surface area contributed by atoms with Crippen LogP contribution in [0.2, 0.25) is 0 Å². The van der Waals surface area contributed by atoms with E-state index in [1.54, 1.807) is 11.0 Å². The van der Waals surface area contributed by atoms with E-state index in [0.717, 1.165) is 12.0 Å². The van der Waals surface area contributed by atoms with Crippen LogP contribution in [0, 0.1) is 5.82 Å². The van der Waals surface area contributed by atoms with E-state index >= 15 is 0 Å². The molecule has 0 saturated carbocycles. The van der Waals surface area contributed by atoms with E-state index < -0.39 is 11.4 Å². The lowest BCUT2D eigenvalue weighted by molar-refractivity contribution is 0.0292. The lowest BCUT2D eigenvalue weighted by Crippen LogP contribution is -2.35. The van der Waals surface area contributed by atoms with Crippen molar-refractivity contribution in [3.05, 3.63) is 35.1 Å². The Morgan fingerprint density at radius 3 is 2.65 bits per heavy atom. The average Bonchev–Trinajstić information content (AvgIpc) is 2.94. The second-order valence-corrected chi connectivity index (χ2v) is 7.27. The first-order valence-electron chi connectivity index (χ1n) is 7.58. The number of hydrogen-bond donors (Lipinski definition) is 0. The van der Waals surface area contributed by atoms with Crippen LogP contribution in [0.1, 0.15) is 49.0 Å². The van der Waals surface area contributed by atoms with Crippen LogP contribution in [0.3, 0.4) is 0 Å². The van der Waals surface area contributed by atoms with E-state index in [1.165, 1.54) is 12.1 Å². The Labute approximate surface area is 144 Å². The molecule has 1 saturated heterocycles. The number of benzene rings is 1. The number of amides is 1. The molecule has 1 fully saturated rings. The first-order valence-corrected chi connectivity index (χ1v) is 8.70. The van der Waals surface area contributed by atoms with E-state index in [-0.39, 0.29) is 28.7 Å². The van der Waals surface area contributed by atoms with Gasteiger partial charge in [-0.25, -0.2) is 9.18 Å². The second-order valence-electron chi connectivity index (χ2n) is 6.71. The Kier molecular flexibility index (Phi) is 5.45. The summed E-state index contributed by atoms with van der Waals surface area (Å²) in [5.41, 5.74) is 0.367. The van der Waals surface area contributed by atoms with Gasteiger partial charge in [0.15, 0.2) is 5.78 Å². The fourth-order valence-corrected chi connectivity index (χ4v) is 2.91. The number of carbonyl (C=O) groups excluding carboxylic acids is 2. The summed E-state index contributed by atoms with van der Waals surface area (Å²) in [5, 5.41) is 0.0963. The van der Waals surface area contributed by atoms with Crippen molar-refractivity contribution >= 4 is 27.8 Å². The predicted octanol–water partition coefficient (Wildman–Crippen LogP) is 4.13. The van der Waals surface area contributed by atoms with Crippen molar-refractivity contribution in [1.82, 2.24) is 4.90 Å². The van der Waals surface area contributed by atoms with Gasteiger partial charge in [0.25, 0.3) is 0 Å². The van der Waals surface area contributed by atoms with Gasteiger partial charge in [-0.1, -0.05) is 22.0 Å². The molecule has 0 spiro atoms. The summed E-state index contributed by atoms with van der Waals surface area (Å²) in [4.78, 5) is 25.3. The third kappa shape index (κ3) is 4.53. The summed E-state index contributed by atoms with van der Waals surface area (Å²) in [7, 11) is 0. The highest BCUT2D eigenvalue weighted by Gasteiger charge is 2.31. The first kappa shape index (κ1) is 17.9. The Hall–Kier alpha value is -1.43. The molecule has 0 aliphatic carbocycles. The molecule has 1 aromatic rings. The molecule has 4 nitrogen and oxygen atoms in total. The van der Waals surface area contributed by atoms with Crippen molar-refractivity contribution in [1.29, 1.82) is 0 Å². The number of carbonyl (C=O) groups is 2. The minimum atomic E-state index is -0.529. The molecule has 6 heteroatoms. The number of ether oxygens (including phenoxy) is 1. The predicted molar refractivity (Wildman–Crippen MR) is 89.7 cm³/mol. The number of nitrogens with zero attached hydrogens (tertiary/aromatic N) is 1. The molecule has 1 aliphatic rings. The first-order chi connectivity index (χ1) is 10.7. The van der Waals surface area contributed by atoms with Gasteiger partial charge in [0.05, 0.1) is 10.9 Å². The number of halogens is 2. The molecule has 1 heterocycles. The summed E-state index contributed by atoms with van der Waals surface area (Å²) in [6, 6.07) is 4.69. The highest BCUT2D eigenvalue weighted by molar-refractivity contribution is 9.09. The number of rotatable bonds is 3. The number of hydrogen-bond acceptors (Lipinski definition) is 3. The van der Waals surface area contributed by atoms with Gasteiger partial charge in [0.2, 0.25) is 0 Å². The lowest BCUT2D eigenvalue weighted by Gasteiger charge is -2.24. The van der Waals surface area contributed by atoms with Gasteiger partial charge in [0.1, 0.15) is 11.4 Å². The molecule has 2 rings (SSSR count). The van der Waals surface area contributed by atoms with Crippen molar-refractivity contribution in [3.63, 3.8) is 0 Å². The molecule has 0 radical (unpaired) electrons. The smallest absolute Gasteiger partial charge is 0.410 e. The molecule has 1 atom stereocenters. The van der Waals surface area contributed by atoms with Gasteiger partial charge in [-0.3, -0.25) is 4.79 Å². The quantitative estimate of drug-likeness (QED) is 0.580. The Morgan fingerprint density at radius 1 is 1.39 bits per heavy atom. The van der Waals surface area contributed by atoms with Gasteiger partial charge in [-0.05, 0) is 44.9 Å². The summed E-state index contributed by atoms with van der Waals surface area (Å²) >= 11 is 3.04. The van der Waals surface area contributed by atoms with E-state index in [4.69, 9.17) is 4.74 Å². The largest absolute Gasteiger partial charge is 0.444 e. The molecule has 0 N–H and O–H groups in total. The van der Waals surface area contributed by atoms with Crippen molar-refractivity contribution in [2.24, 2.45) is 0 Å². The number of alkyl halides is 1. The van der Waals surface area contributed by atoms with Gasteiger partial charge in [0, 0.05) is 19.0 Å². The standard InChI is InChI=1S/C17H21BrFNO3/c1-17(2,3)23-16(22)20-7-6-12(10-20)11-4-5-13(14(19)8-11)15(21)9-18/h4-5,8,12H,6-7,9-10H2,1-3H3. The molecule has 1 aliphatic heterocycles. The molecule has 23 heavy (non-hydrogen) atoms. The van der Waals surface area contributed by atoms with Crippen LogP contribution in [0.5, 0.6) is 0 Å². The second kappa shape index (κ2) is 6.99. The van der Waals surface area contributed by atoms with Gasteiger partial charge < -0.3 is 9.64 Å². The van der Waals surface area contributed by atoms with E-state index in [0.29, 0.717) is 13.1 Å². The summed E-state index contributed by atoms with van der Waals surface area (Å²) in [5.74, 6) is -0.733. The fourth-order valence-electron chi connectivity index (χ4n) is 2.61. The Bertz CT molecular complexity index is 612. The fraction of sp³-hybridized carbons (Fsp3) is 0.529. The summed E-state index contributed by atoms with van der Waals surface area (Å²) in [6.07, 6.45) is 0.413. The third-order valence-corrected chi connectivity index (χ3v) is 4.24. The zero-order chi connectivity index (χ0) is 17.2. The maximum Gasteiger partial charge on any atom is 0.410 e. The molecule has 1 amide bonds. The molecule has 1 aromatic carbocycles. The molecule has 0 bridgehead atoms. The van der Waals surface area contributed by atoms with E-state index in [1.807, 2.05) is 20.8 Å². The van der Waals surface area contributed by atoms with Gasteiger partial charge in [-0.2, -0.15) is 0 Å². The highest BCUT2D eigenvalue weighted by Crippen LogP contribution is 2.29. The molecule has 0 aromatic heterocycles. The Morgan fingerprint density at radius 2 is 2.09 bits per heavy atom. The minimum absolute atomic E-state index is 0.0603. The van der Waals surface area contributed by atoms with Gasteiger partial charge in [-0.15, -0.1) is 0 Å². The number of likely N-dealkylation sites (tertiary alicyclic amines) is 1. The van der Waals surface area contributed by atoms with Crippen LogP contribution < -0.4 is 0 Å². The molecular formula is C17H21BrFNO3. The highest BCUT2D eigenvalue weighted by atomic mass is 79.9. The Balaban J connectivity index is 2.06. The van der Waals surface area contributed by atoms with Crippen LogP contribution in [0.15, 0.2) is 18.2 Å². The van der Waals surface area contributed by atoms with Crippen molar-refractivity contribution in [2.75, 3.05) is 18.4 Å². The topological polar surface area (TPSA) is 46.6 Å². The van der Waals surface area contributed by atoms with Crippen molar-refractivity contribution < 1.29 is 18.7 Å². The third-order valence-electron chi connectivity index (χ3n) is 3.73. The van der Waals surface area contributed by atoms with Crippen molar-refractivity contribution in [3.8, 4) is 0 Å². The normalized spacial score (nSPS) is 18.1. The SMILES string of the molecule is CC(C)(C)OC(=O)N1CCC(c2ccc(C(=O)CBr)c(F)c2)C1. The van der Waals surface area contributed by atoms with Crippen LogP contribution in [0.4, 0.5) is 9.18 Å². The van der Waals surface area contributed by atoms with E-state index in [2.05, 4.69) is 15.9 Å². The molecular weight excluding hydrogens is 365 g/mol. The van der Waals surface area contributed by atoms with Gasteiger partial charge >= 0.3 is 6.09 Å². The van der Waals surface area contributed by atoms with Crippen LogP contribution in [-0.4, -0.2) is 40.8 Å². The number of Topliss-reactive ketones (excluding diaryl/α,β-unsaturated/α-hetero) is 1. The summed E-state index contributed by atoms with van der Waals surface area (Å²) in [6.45, 7) is 6.57. The van der Waals surface area contributed by atoms with Crippen molar-refractivity contribution in [2.45, 2.75) is 38.7 Å². The zero-order valence-electron chi connectivity index (χ0n) is 13.6. The zero-order valence-corrected chi connectivity index (χ0v) is 15.2. The van der Waals surface area contributed by atoms with Crippen LogP contribution in [0.25, 0.3) is 0 Å². The lowest BCUT2D eigenvalue weighted by atomic mass is 9.96. The monoisotopic (exact) mass is 385 g/mol. The summed E-state index contributed by atoms with van der Waals surface area (Å²) < 4.78 is 19.4. The number of ketones is 1. The van der Waals surface area contributed by atoms with Crippen LogP contribution >= 0.6 is 15.9 Å².